The highest BCUT2D eigenvalue weighted by atomic mass is 35.5. The Kier molecular flexibility index (Phi) is 3.25. The number of rotatable bonds is 3. The second-order valence-electron chi connectivity index (χ2n) is 5.69. The zero-order valence-corrected chi connectivity index (χ0v) is 12.7. The molecule has 4 heteroatoms. The molecule has 3 nitrogen and oxygen atoms in total. The summed E-state index contributed by atoms with van der Waals surface area (Å²) in [6.45, 7) is 4.01. The van der Waals surface area contributed by atoms with E-state index in [0.29, 0.717) is 22.3 Å². The quantitative estimate of drug-likeness (QED) is 0.846. The molecule has 1 aliphatic rings. The molecule has 1 aromatic heterocycles. The topological polar surface area (TPSA) is 33.5 Å². The number of amides is 1. The number of benzene rings is 1. The predicted molar refractivity (Wildman–Crippen MR) is 80.2 cm³/mol. The van der Waals surface area contributed by atoms with Crippen molar-refractivity contribution in [1.29, 1.82) is 0 Å². The van der Waals surface area contributed by atoms with Crippen LogP contribution in [0.5, 0.6) is 0 Å². The van der Waals surface area contributed by atoms with Crippen molar-refractivity contribution in [3.8, 4) is 0 Å². The van der Waals surface area contributed by atoms with Gasteiger partial charge in [0.15, 0.2) is 5.76 Å². The molecule has 0 saturated heterocycles. The van der Waals surface area contributed by atoms with Gasteiger partial charge in [0.2, 0.25) is 0 Å². The monoisotopic (exact) mass is 291 g/mol. The summed E-state index contributed by atoms with van der Waals surface area (Å²) in [5.41, 5.74) is 1.57. The van der Waals surface area contributed by atoms with Crippen molar-refractivity contribution >= 4 is 28.5 Å². The molecular formula is C16H18ClNO2. The van der Waals surface area contributed by atoms with Crippen molar-refractivity contribution in [1.82, 2.24) is 4.90 Å². The van der Waals surface area contributed by atoms with Crippen molar-refractivity contribution in [3.05, 3.63) is 34.5 Å². The SMILES string of the molecule is Cc1c(C(=O)N(C)C(C)C2CC2)oc2ccc(Cl)cc12. The Labute approximate surface area is 123 Å². The van der Waals surface area contributed by atoms with E-state index in [2.05, 4.69) is 6.92 Å². The van der Waals surface area contributed by atoms with Crippen LogP contribution in [0.3, 0.4) is 0 Å². The second-order valence-corrected chi connectivity index (χ2v) is 6.13. The maximum atomic E-state index is 12.6. The summed E-state index contributed by atoms with van der Waals surface area (Å²) in [6, 6.07) is 5.69. The molecule has 1 saturated carbocycles. The van der Waals surface area contributed by atoms with Gasteiger partial charge in [-0.1, -0.05) is 11.6 Å². The van der Waals surface area contributed by atoms with Gasteiger partial charge in [0.05, 0.1) is 0 Å². The zero-order chi connectivity index (χ0) is 14.4. The van der Waals surface area contributed by atoms with Crippen molar-refractivity contribution in [2.45, 2.75) is 32.7 Å². The number of hydrogen-bond acceptors (Lipinski definition) is 2. The summed E-state index contributed by atoms with van der Waals surface area (Å²) in [4.78, 5) is 14.4. The maximum Gasteiger partial charge on any atom is 0.289 e. The Morgan fingerprint density at radius 1 is 1.45 bits per heavy atom. The van der Waals surface area contributed by atoms with E-state index in [1.165, 1.54) is 12.8 Å². The largest absolute Gasteiger partial charge is 0.451 e. The van der Waals surface area contributed by atoms with E-state index in [4.69, 9.17) is 16.0 Å². The van der Waals surface area contributed by atoms with Gasteiger partial charge in [-0.2, -0.15) is 0 Å². The van der Waals surface area contributed by atoms with E-state index in [1.807, 2.05) is 26.1 Å². The smallest absolute Gasteiger partial charge is 0.289 e. The van der Waals surface area contributed by atoms with E-state index in [-0.39, 0.29) is 11.9 Å². The summed E-state index contributed by atoms with van der Waals surface area (Å²) >= 11 is 6.01. The molecule has 0 radical (unpaired) electrons. The molecule has 0 bridgehead atoms. The van der Waals surface area contributed by atoms with Crippen LogP contribution in [-0.4, -0.2) is 23.9 Å². The third-order valence-electron chi connectivity index (χ3n) is 4.33. The predicted octanol–water partition coefficient (Wildman–Crippen LogP) is 4.27. The number of fused-ring (bicyclic) bond motifs is 1. The second kappa shape index (κ2) is 4.81. The molecule has 106 valence electrons. The first kappa shape index (κ1) is 13.5. The molecule has 1 unspecified atom stereocenters. The normalized spacial score (nSPS) is 16.4. The molecule has 1 fully saturated rings. The number of hydrogen-bond donors (Lipinski definition) is 0. The summed E-state index contributed by atoms with van der Waals surface area (Å²) in [7, 11) is 1.85. The van der Waals surface area contributed by atoms with Gasteiger partial charge in [-0.15, -0.1) is 0 Å². The summed E-state index contributed by atoms with van der Waals surface area (Å²) < 4.78 is 5.74. The molecular weight excluding hydrogens is 274 g/mol. The molecule has 1 aliphatic carbocycles. The highest BCUT2D eigenvalue weighted by molar-refractivity contribution is 6.31. The van der Waals surface area contributed by atoms with Gasteiger partial charge in [-0.05, 0) is 50.8 Å². The van der Waals surface area contributed by atoms with Crippen LogP contribution in [0.2, 0.25) is 5.02 Å². The van der Waals surface area contributed by atoms with Crippen LogP contribution < -0.4 is 0 Å². The average molecular weight is 292 g/mol. The van der Waals surface area contributed by atoms with E-state index in [1.54, 1.807) is 11.0 Å². The molecule has 1 heterocycles. The third-order valence-corrected chi connectivity index (χ3v) is 4.56. The van der Waals surface area contributed by atoms with E-state index < -0.39 is 0 Å². The van der Waals surface area contributed by atoms with Crippen molar-refractivity contribution < 1.29 is 9.21 Å². The number of carbonyl (C=O) groups is 1. The lowest BCUT2D eigenvalue weighted by Crippen LogP contribution is -2.36. The lowest BCUT2D eigenvalue weighted by atomic mass is 10.1. The van der Waals surface area contributed by atoms with Gasteiger partial charge in [0, 0.05) is 29.1 Å². The summed E-state index contributed by atoms with van der Waals surface area (Å²) in [5.74, 6) is 1.02. The van der Waals surface area contributed by atoms with E-state index in [0.717, 1.165) is 10.9 Å². The van der Waals surface area contributed by atoms with Gasteiger partial charge in [-0.25, -0.2) is 0 Å². The first-order valence-electron chi connectivity index (χ1n) is 6.95. The van der Waals surface area contributed by atoms with Gasteiger partial charge in [0.25, 0.3) is 5.91 Å². The lowest BCUT2D eigenvalue weighted by molar-refractivity contribution is 0.0696. The van der Waals surface area contributed by atoms with Gasteiger partial charge >= 0.3 is 0 Å². The van der Waals surface area contributed by atoms with E-state index >= 15 is 0 Å². The van der Waals surface area contributed by atoms with Crippen molar-refractivity contribution in [3.63, 3.8) is 0 Å². The summed E-state index contributed by atoms with van der Waals surface area (Å²) in [5, 5.41) is 1.56. The minimum atomic E-state index is -0.0470. The Hall–Kier alpha value is -1.48. The fraction of sp³-hybridized carbons (Fsp3) is 0.438. The number of nitrogens with zero attached hydrogens (tertiary/aromatic N) is 1. The molecule has 0 aliphatic heterocycles. The van der Waals surface area contributed by atoms with Crippen LogP contribution in [0.4, 0.5) is 0 Å². The first-order chi connectivity index (χ1) is 9.49. The third kappa shape index (κ3) is 2.20. The first-order valence-corrected chi connectivity index (χ1v) is 7.32. The van der Waals surface area contributed by atoms with Crippen molar-refractivity contribution in [2.75, 3.05) is 7.05 Å². The number of furan rings is 1. The molecule has 0 N–H and O–H groups in total. The minimum absolute atomic E-state index is 0.0470. The van der Waals surface area contributed by atoms with Crippen LogP contribution in [0.1, 0.15) is 35.9 Å². The number of carbonyl (C=O) groups excluding carboxylic acids is 1. The van der Waals surface area contributed by atoms with Gasteiger partial charge in [0.1, 0.15) is 5.58 Å². The average Bonchev–Trinajstić information content (AvgIpc) is 3.23. The summed E-state index contributed by atoms with van der Waals surface area (Å²) in [6.07, 6.45) is 2.43. The molecule has 1 amide bonds. The highest BCUT2D eigenvalue weighted by Crippen LogP contribution is 2.36. The Morgan fingerprint density at radius 3 is 2.80 bits per heavy atom. The Morgan fingerprint density at radius 2 is 2.15 bits per heavy atom. The lowest BCUT2D eigenvalue weighted by Gasteiger charge is -2.24. The highest BCUT2D eigenvalue weighted by Gasteiger charge is 2.34. The fourth-order valence-electron chi connectivity index (χ4n) is 2.64. The molecule has 20 heavy (non-hydrogen) atoms. The van der Waals surface area contributed by atoms with E-state index in [9.17, 15) is 4.79 Å². The van der Waals surface area contributed by atoms with Crippen LogP contribution in [0.15, 0.2) is 22.6 Å². The molecule has 3 rings (SSSR count). The number of halogens is 1. The standard InChI is InChI=1S/C16H18ClNO2/c1-9-13-8-12(17)6-7-14(13)20-15(9)16(19)18(3)10(2)11-4-5-11/h6-8,10-11H,4-5H2,1-3H3. The Balaban J connectivity index is 1.96. The maximum absolute atomic E-state index is 12.6. The van der Waals surface area contributed by atoms with Gasteiger partial charge in [-0.3, -0.25) is 4.79 Å². The Bertz CT molecular complexity index is 672. The van der Waals surface area contributed by atoms with Crippen LogP contribution >= 0.6 is 11.6 Å². The van der Waals surface area contributed by atoms with Crippen LogP contribution in [0.25, 0.3) is 11.0 Å². The fourth-order valence-corrected chi connectivity index (χ4v) is 2.81. The molecule has 1 aromatic carbocycles. The molecule has 0 spiro atoms. The van der Waals surface area contributed by atoms with Crippen molar-refractivity contribution in [2.24, 2.45) is 5.92 Å². The molecule has 1 atom stereocenters. The van der Waals surface area contributed by atoms with Gasteiger partial charge < -0.3 is 9.32 Å². The minimum Gasteiger partial charge on any atom is -0.451 e. The molecule has 2 aromatic rings. The van der Waals surface area contributed by atoms with Crippen LogP contribution in [0, 0.1) is 12.8 Å². The van der Waals surface area contributed by atoms with Crippen LogP contribution in [-0.2, 0) is 0 Å². The number of aryl methyl sites for hydroxylation is 1. The zero-order valence-electron chi connectivity index (χ0n) is 11.9.